The molecule has 3 saturated carbocycles. The molecular weight excluding hydrogens is 300 g/mol. The van der Waals surface area contributed by atoms with E-state index in [0.717, 1.165) is 31.3 Å². The first-order valence-electron chi connectivity index (χ1n) is 9.23. The lowest BCUT2D eigenvalue weighted by Crippen LogP contribution is -2.56. The summed E-state index contributed by atoms with van der Waals surface area (Å²) < 4.78 is 0. The molecule has 0 spiro atoms. The van der Waals surface area contributed by atoms with Crippen LogP contribution in [0.25, 0.3) is 0 Å². The zero-order valence-corrected chi connectivity index (χ0v) is 14.6. The Morgan fingerprint density at radius 1 is 1.17 bits per heavy atom. The minimum Gasteiger partial charge on any atom is -0.377 e. The van der Waals surface area contributed by atoms with Crippen molar-refractivity contribution in [3.05, 3.63) is 11.6 Å². The van der Waals surface area contributed by atoms with Crippen LogP contribution in [0.2, 0.25) is 0 Å². The zero-order valence-electron chi connectivity index (χ0n) is 14.6. The fraction of sp³-hybridized carbons (Fsp3) is 0.714. The first kappa shape index (κ1) is 16.1. The Bertz CT molecular complexity index is 698. The summed E-state index contributed by atoms with van der Waals surface area (Å²) in [6, 6.07) is 0. The maximum atomic E-state index is 12.8. The van der Waals surface area contributed by atoms with Gasteiger partial charge in [-0.2, -0.15) is 0 Å². The second-order valence-corrected chi connectivity index (χ2v) is 8.95. The van der Waals surface area contributed by atoms with Gasteiger partial charge < -0.3 is 5.11 Å². The Labute approximate surface area is 143 Å². The van der Waals surface area contributed by atoms with E-state index in [1.165, 1.54) is 0 Å². The predicted molar refractivity (Wildman–Crippen MR) is 90.9 cm³/mol. The average Bonchev–Trinajstić information content (AvgIpc) is 2.82. The van der Waals surface area contributed by atoms with Crippen molar-refractivity contribution < 1.29 is 14.7 Å². The molecule has 3 heteroatoms. The molecule has 0 aromatic heterocycles. The third kappa shape index (κ3) is 1.78. The van der Waals surface area contributed by atoms with Crippen LogP contribution in [0, 0.1) is 40.9 Å². The van der Waals surface area contributed by atoms with Gasteiger partial charge >= 0.3 is 0 Å². The summed E-state index contributed by atoms with van der Waals surface area (Å²) in [6.07, 6.45) is 12.6. The van der Waals surface area contributed by atoms with Crippen LogP contribution in [-0.2, 0) is 9.59 Å². The summed E-state index contributed by atoms with van der Waals surface area (Å²) in [5, 5.41) is 11.0. The second-order valence-electron chi connectivity index (χ2n) is 8.95. The van der Waals surface area contributed by atoms with E-state index in [9.17, 15) is 14.7 Å². The first-order chi connectivity index (χ1) is 11.2. The topological polar surface area (TPSA) is 54.4 Å². The van der Waals surface area contributed by atoms with Crippen LogP contribution < -0.4 is 0 Å². The maximum absolute atomic E-state index is 12.8. The quantitative estimate of drug-likeness (QED) is 0.696. The molecule has 4 aliphatic carbocycles. The standard InChI is InChI=1S/C21H26O3/c1-4-21(24)10-7-16-14-12-18(23)17-11-13(22)5-8-19(17,2)15(14)6-9-20(16,21)3/h1,11,14-16,24H,5-10,12H2,2-3H3/t14?,15?,16?,19-,20+,21+/m1/s1. The Morgan fingerprint density at radius 2 is 1.88 bits per heavy atom. The molecule has 24 heavy (non-hydrogen) atoms. The Hall–Kier alpha value is -1.40. The van der Waals surface area contributed by atoms with Gasteiger partial charge in [-0.1, -0.05) is 19.8 Å². The number of Topliss-reactive ketones (excluding diaryl/α,β-unsaturated/α-hetero) is 1. The molecule has 0 saturated heterocycles. The van der Waals surface area contributed by atoms with Gasteiger partial charge in [-0.3, -0.25) is 9.59 Å². The molecule has 6 atom stereocenters. The summed E-state index contributed by atoms with van der Waals surface area (Å²) in [7, 11) is 0. The lowest BCUT2D eigenvalue weighted by atomic mass is 9.46. The molecule has 128 valence electrons. The summed E-state index contributed by atoms with van der Waals surface area (Å²) in [4.78, 5) is 24.7. The number of terminal acetylenes is 1. The smallest absolute Gasteiger partial charge is 0.159 e. The largest absolute Gasteiger partial charge is 0.377 e. The third-order valence-corrected chi connectivity index (χ3v) is 8.18. The lowest BCUT2D eigenvalue weighted by Gasteiger charge is -2.57. The predicted octanol–water partition coefficient (Wildman–Crippen LogP) is 3.06. The first-order valence-corrected chi connectivity index (χ1v) is 9.23. The van der Waals surface area contributed by atoms with Gasteiger partial charge in [0, 0.05) is 23.8 Å². The van der Waals surface area contributed by atoms with E-state index in [-0.39, 0.29) is 28.3 Å². The van der Waals surface area contributed by atoms with Crippen molar-refractivity contribution in [2.45, 2.75) is 64.4 Å². The van der Waals surface area contributed by atoms with Crippen molar-refractivity contribution in [2.24, 2.45) is 28.6 Å². The molecule has 1 N–H and O–H groups in total. The van der Waals surface area contributed by atoms with E-state index in [2.05, 4.69) is 19.8 Å². The molecular formula is C21H26O3. The van der Waals surface area contributed by atoms with Gasteiger partial charge in [0.05, 0.1) is 0 Å². The zero-order chi connectivity index (χ0) is 17.3. The van der Waals surface area contributed by atoms with Gasteiger partial charge in [0.15, 0.2) is 11.6 Å². The van der Waals surface area contributed by atoms with Crippen LogP contribution in [0.1, 0.15) is 58.8 Å². The molecule has 0 aromatic rings. The number of ketones is 2. The van der Waals surface area contributed by atoms with Crippen molar-refractivity contribution in [1.82, 2.24) is 0 Å². The maximum Gasteiger partial charge on any atom is 0.159 e. The molecule has 0 amide bonds. The molecule has 3 unspecified atom stereocenters. The van der Waals surface area contributed by atoms with Crippen molar-refractivity contribution in [3.8, 4) is 12.3 Å². The molecule has 0 aromatic carbocycles. The number of aliphatic hydroxyl groups is 1. The van der Waals surface area contributed by atoms with Gasteiger partial charge in [0.2, 0.25) is 0 Å². The highest BCUT2D eigenvalue weighted by Crippen LogP contribution is 2.66. The van der Waals surface area contributed by atoms with E-state index in [1.54, 1.807) is 6.08 Å². The molecule has 0 radical (unpaired) electrons. The molecule has 0 heterocycles. The molecule has 0 bridgehead atoms. The monoisotopic (exact) mass is 326 g/mol. The van der Waals surface area contributed by atoms with Crippen molar-refractivity contribution in [1.29, 1.82) is 0 Å². The fourth-order valence-corrected chi connectivity index (χ4v) is 6.64. The lowest BCUT2D eigenvalue weighted by molar-refractivity contribution is -0.136. The van der Waals surface area contributed by atoms with E-state index in [4.69, 9.17) is 6.42 Å². The van der Waals surface area contributed by atoms with Crippen LogP contribution in [0.15, 0.2) is 11.6 Å². The number of hydrogen-bond donors (Lipinski definition) is 1. The SMILES string of the molecule is C#C[C@]1(O)CCC2C3CC(=O)C4=CC(=O)CC[C@]4(C)C3CC[C@@]21C. The average molecular weight is 326 g/mol. The van der Waals surface area contributed by atoms with Crippen molar-refractivity contribution in [2.75, 3.05) is 0 Å². The van der Waals surface area contributed by atoms with Crippen LogP contribution in [0.3, 0.4) is 0 Å². The van der Waals surface area contributed by atoms with Gasteiger partial charge in [-0.15, -0.1) is 6.42 Å². The molecule has 4 aliphatic rings. The van der Waals surface area contributed by atoms with Crippen molar-refractivity contribution in [3.63, 3.8) is 0 Å². The number of carbonyl (C=O) groups excluding carboxylic acids is 2. The van der Waals surface area contributed by atoms with Gasteiger partial charge in [-0.25, -0.2) is 0 Å². The molecule has 4 rings (SSSR count). The van der Waals surface area contributed by atoms with Gasteiger partial charge in [0.25, 0.3) is 0 Å². The number of carbonyl (C=O) groups is 2. The van der Waals surface area contributed by atoms with Crippen molar-refractivity contribution >= 4 is 11.6 Å². The van der Waals surface area contributed by atoms with Gasteiger partial charge in [-0.05, 0) is 61.3 Å². The summed E-state index contributed by atoms with van der Waals surface area (Å²) in [6.45, 7) is 4.31. The normalized spacial score (nSPS) is 50.4. The Morgan fingerprint density at radius 3 is 2.58 bits per heavy atom. The summed E-state index contributed by atoms with van der Waals surface area (Å²) in [5.74, 6) is 3.93. The van der Waals surface area contributed by atoms with Crippen LogP contribution in [-0.4, -0.2) is 22.3 Å². The number of hydrogen-bond acceptors (Lipinski definition) is 3. The highest BCUT2D eigenvalue weighted by atomic mass is 16.3. The molecule has 3 fully saturated rings. The molecule has 3 nitrogen and oxygen atoms in total. The molecule has 0 aliphatic heterocycles. The highest BCUT2D eigenvalue weighted by Gasteiger charge is 2.64. The van der Waals surface area contributed by atoms with Crippen LogP contribution in [0.5, 0.6) is 0 Å². The van der Waals surface area contributed by atoms with E-state index < -0.39 is 5.60 Å². The van der Waals surface area contributed by atoms with E-state index >= 15 is 0 Å². The second kappa shape index (κ2) is 4.82. The number of allylic oxidation sites excluding steroid dienone is 1. The highest BCUT2D eigenvalue weighted by molar-refractivity contribution is 6.05. The fourth-order valence-electron chi connectivity index (χ4n) is 6.64. The minimum atomic E-state index is -1.04. The third-order valence-electron chi connectivity index (χ3n) is 8.18. The van der Waals surface area contributed by atoms with E-state index in [1.807, 2.05) is 0 Å². The Balaban J connectivity index is 1.75. The van der Waals surface area contributed by atoms with Crippen LogP contribution >= 0.6 is 0 Å². The minimum absolute atomic E-state index is 0.0949. The van der Waals surface area contributed by atoms with Crippen LogP contribution in [0.4, 0.5) is 0 Å². The number of fused-ring (bicyclic) bond motifs is 5. The number of rotatable bonds is 0. The summed E-state index contributed by atoms with van der Waals surface area (Å²) in [5.41, 5.74) is -0.725. The Kier molecular flexibility index (Phi) is 3.23. The van der Waals surface area contributed by atoms with Gasteiger partial charge in [0.1, 0.15) is 5.60 Å². The summed E-state index contributed by atoms with van der Waals surface area (Å²) >= 11 is 0. The van der Waals surface area contributed by atoms with E-state index in [0.29, 0.717) is 31.1 Å².